The number of esters is 1. The fraction of sp³-hybridized carbons (Fsp3) is 0.545. The van der Waals surface area contributed by atoms with Crippen LogP contribution in [0, 0.1) is 25.7 Å². The van der Waals surface area contributed by atoms with Gasteiger partial charge in [-0.2, -0.15) is 0 Å². The van der Waals surface area contributed by atoms with Crippen LogP contribution < -0.4 is 5.32 Å². The fourth-order valence-electron chi connectivity index (χ4n) is 4.11. The number of rotatable bonds is 5. The minimum atomic E-state index is -1.06. The van der Waals surface area contributed by atoms with E-state index < -0.39 is 24.0 Å². The van der Waals surface area contributed by atoms with Crippen LogP contribution in [0.3, 0.4) is 0 Å². The molecule has 156 valence electrons. The molecule has 0 bridgehead atoms. The Hall–Kier alpha value is -2.70. The topological polar surface area (TPSA) is 92.8 Å². The van der Waals surface area contributed by atoms with Crippen molar-refractivity contribution in [3.05, 3.63) is 29.3 Å². The van der Waals surface area contributed by atoms with Gasteiger partial charge in [-0.25, -0.2) is 4.79 Å². The standard InChI is InChI=1S/C22H28N2O5/c1-12-9-10-13(2)18(11-12)23-19(25)15(4)29-22(28)14(3)24-20(26)16-7-5-6-8-17(16)21(24)27/h9-11,14-17H,5-8H2,1-4H3,(H,23,25)/t14-,15+,16-,17-/m0/s1. The summed E-state index contributed by atoms with van der Waals surface area (Å²) in [4.78, 5) is 51.3. The van der Waals surface area contributed by atoms with E-state index in [-0.39, 0.29) is 23.7 Å². The van der Waals surface area contributed by atoms with Crippen molar-refractivity contribution in [3.63, 3.8) is 0 Å². The first kappa shape index (κ1) is 21.0. The summed E-state index contributed by atoms with van der Waals surface area (Å²) in [6, 6.07) is 4.63. The number of fused-ring (bicyclic) bond motifs is 1. The van der Waals surface area contributed by atoms with Crippen LogP contribution >= 0.6 is 0 Å². The number of ether oxygens (including phenoxy) is 1. The van der Waals surface area contributed by atoms with Crippen LogP contribution in [0.15, 0.2) is 18.2 Å². The molecule has 0 unspecified atom stereocenters. The maximum atomic E-state index is 12.6. The minimum absolute atomic E-state index is 0.295. The van der Waals surface area contributed by atoms with Gasteiger partial charge in [0.1, 0.15) is 6.04 Å². The average molecular weight is 400 g/mol. The molecule has 1 saturated heterocycles. The Morgan fingerprint density at radius 1 is 1.07 bits per heavy atom. The van der Waals surface area contributed by atoms with Crippen molar-refractivity contribution in [2.24, 2.45) is 11.8 Å². The zero-order valence-corrected chi connectivity index (χ0v) is 17.4. The Kier molecular flexibility index (Phi) is 6.05. The van der Waals surface area contributed by atoms with Gasteiger partial charge in [0.2, 0.25) is 11.8 Å². The summed E-state index contributed by atoms with van der Waals surface area (Å²) < 4.78 is 5.28. The Morgan fingerprint density at radius 2 is 1.66 bits per heavy atom. The zero-order chi connectivity index (χ0) is 21.3. The highest BCUT2D eigenvalue weighted by atomic mass is 16.5. The second-order valence-corrected chi connectivity index (χ2v) is 8.11. The van der Waals surface area contributed by atoms with E-state index in [1.165, 1.54) is 13.8 Å². The number of imide groups is 1. The van der Waals surface area contributed by atoms with E-state index in [9.17, 15) is 19.2 Å². The van der Waals surface area contributed by atoms with E-state index in [1.54, 1.807) is 0 Å². The molecule has 3 rings (SSSR count). The normalized spacial score (nSPS) is 23.4. The number of amides is 3. The molecule has 7 nitrogen and oxygen atoms in total. The van der Waals surface area contributed by atoms with Gasteiger partial charge in [-0.1, -0.05) is 25.0 Å². The second kappa shape index (κ2) is 8.35. The highest BCUT2D eigenvalue weighted by Crippen LogP contribution is 2.39. The molecule has 1 aromatic rings. The first-order chi connectivity index (χ1) is 13.7. The summed E-state index contributed by atoms with van der Waals surface area (Å²) >= 11 is 0. The van der Waals surface area contributed by atoms with E-state index in [4.69, 9.17) is 4.74 Å². The van der Waals surface area contributed by atoms with Gasteiger partial charge in [0.15, 0.2) is 6.10 Å². The molecule has 29 heavy (non-hydrogen) atoms. The van der Waals surface area contributed by atoms with Gasteiger partial charge in [0, 0.05) is 5.69 Å². The average Bonchev–Trinajstić information content (AvgIpc) is 2.94. The number of nitrogens with one attached hydrogen (secondary N) is 1. The highest BCUT2D eigenvalue weighted by molar-refractivity contribution is 6.08. The molecule has 2 fully saturated rings. The number of hydrogen-bond acceptors (Lipinski definition) is 5. The van der Waals surface area contributed by atoms with Crippen molar-refractivity contribution >= 4 is 29.4 Å². The third kappa shape index (κ3) is 4.18. The number of nitrogens with zero attached hydrogens (tertiary/aromatic N) is 1. The molecule has 0 aromatic heterocycles. The number of likely N-dealkylation sites (tertiary alicyclic amines) is 1. The lowest BCUT2D eigenvalue weighted by molar-refractivity contribution is -0.163. The van der Waals surface area contributed by atoms with E-state index >= 15 is 0 Å². The smallest absolute Gasteiger partial charge is 0.329 e. The molecule has 1 aromatic carbocycles. The van der Waals surface area contributed by atoms with Crippen molar-refractivity contribution in [2.75, 3.05) is 5.32 Å². The van der Waals surface area contributed by atoms with Crippen LogP contribution in [0.1, 0.15) is 50.7 Å². The maximum absolute atomic E-state index is 12.6. The van der Waals surface area contributed by atoms with Gasteiger partial charge in [-0.15, -0.1) is 0 Å². The third-order valence-electron chi connectivity index (χ3n) is 5.92. The Morgan fingerprint density at radius 3 is 2.24 bits per heavy atom. The SMILES string of the molecule is Cc1ccc(C)c(NC(=O)[C@@H](C)OC(=O)[C@H](C)N2C(=O)[C@H]3CCCC[C@@H]3C2=O)c1. The largest absolute Gasteiger partial charge is 0.451 e. The van der Waals surface area contributed by atoms with Crippen molar-refractivity contribution in [1.82, 2.24) is 4.90 Å². The minimum Gasteiger partial charge on any atom is -0.451 e. The molecule has 7 heteroatoms. The predicted molar refractivity (Wildman–Crippen MR) is 107 cm³/mol. The zero-order valence-electron chi connectivity index (χ0n) is 17.4. The lowest BCUT2D eigenvalue weighted by Gasteiger charge is -2.23. The van der Waals surface area contributed by atoms with E-state index in [0.717, 1.165) is 28.9 Å². The van der Waals surface area contributed by atoms with E-state index in [2.05, 4.69) is 5.32 Å². The summed E-state index contributed by atoms with van der Waals surface area (Å²) in [5.41, 5.74) is 2.54. The van der Waals surface area contributed by atoms with Crippen molar-refractivity contribution in [3.8, 4) is 0 Å². The lowest BCUT2D eigenvalue weighted by atomic mass is 9.81. The first-order valence-electron chi connectivity index (χ1n) is 10.2. The van der Waals surface area contributed by atoms with Crippen LogP contribution in [-0.2, 0) is 23.9 Å². The van der Waals surface area contributed by atoms with Crippen LogP contribution in [0.5, 0.6) is 0 Å². The number of carbonyl (C=O) groups is 4. The summed E-state index contributed by atoms with van der Waals surface area (Å²) in [6.07, 6.45) is 2.15. The van der Waals surface area contributed by atoms with E-state index in [0.29, 0.717) is 18.5 Å². The van der Waals surface area contributed by atoms with Crippen molar-refractivity contribution in [2.45, 2.75) is 65.5 Å². The lowest BCUT2D eigenvalue weighted by Crippen LogP contribution is -2.46. The number of carbonyl (C=O) groups excluding carboxylic acids is 4. The molecule has 0 spiro atoms. The number of anilines is 1. The first-order valence-corrected chi connectivity index (χ1v) is 10.2. The van der Waals surface area contributed by atoms with Crippen LogP contribution in [0.25, 0.3) is 0 Å². The number of aryl methyl sites for hydroxylation is 2. The molecule has 1 N–H and O–H groups in total. The molecule has 1 heterocycles. The van der Waals surface area contributed by atoms with Crippen molar-refractivity contribution in [1.29, 1.82) is 0 Å². The summed E-state index contributed by atoms with van der Waals surface area (Å²) in [6.45, 7) is 6.74. The Labute approximate surface area is 170 Å². The van der Waals surface area contributed by atoms with Crippen LogP contribution in [0.2, 0.25) is 0 Å². The fourth-order valence-corrected chi connectivity index (χ4v) is 4.11. The monoisotopic (exact) mass is 400 g/mol. The maximum Gasteiger partial charge on any atom is 0.329 e. The Bertz CT molecular complexity index is 826. The number of hydrogen-bond donors (Lipinski definition) is 1. The molecular weight excluding hydrogens is 372 g/mol. The van der Waals surface area contributed by atoms with Crippen LogP contribution in [-0.4, -0.2) is 40.7 Å². The molecule has 1 aliphatic carbocycles. The molecule has 1 saturated carbocycles. The quantitative estimate of drug-likeness (QED) is 0.606. The van der Waals surface area contributed by atoms with Gasteiger partial charge in [0.25, 0.3) is 5.91 Å². The number of benzene rings is 1. The molecule has 0 radical (unpaired) electrons. The molecule has 4 atom stereocenters. The predicted octanol–water partition coefficient (Wildman–Crippen LogP) is 2.74. The molecule has 3 amide bonds. The van der Waals surface area contributed by atoms with Gasteiger partial charge < -0.3 is 10.1 Å². The van der Waals surface area contributed by atoms with E-state index in [1.807, 2.05) is 32.0 Å². The van der Waals surface area contributed by atoms with Crippen molar-refractivity contribution < 1.29 is 23.9 Å². The van der Waals surface area contributed by atoms with Gasteiger partial charge >= 0.3 is 5.97 Å². The second-order valence-electron chi connectivity index (χ2n) is 8.11. The Balaban J connectivity index is 1.63. The molecule has 1 aliphatic heterocycles. The summed E-state index contributed by atoms with van der Waals surface area (Å²) in [7, 11) is 0. The molecule has 2 aliphatic rings. The highest BCUT2D eigenvalue weighted by Gasteiger charge is 2.51. The summed E-state index contributed by atoms with van der Waals surface area (Å²) in [5, 5.41) is 2.76. The van der Waals surface area contributed by atoms with Gasteiger partial charge in [0.05, 0.1) is 11.8 Å². The van der Waals surface area contributed by atoms with Gasteiger partial charge in [-0.3, -0.25) is 19.3 Å². The van der Waals surface area contributed by atoms with Crippen LogP contribution in [0.4, 0.5) is 5.69 Å². The molecular formula is C22H28N2O5. The summed E-state index contributed by atoms with van der Waals surface area (Å²) in [5.74, 6) is -2.46. The van der Waals surface area contributed by atoms with Gasteiger partial charge in [-0.05, 0) is 57.7 Å². The third-order valence-corrected chi connectivity index (χ3v) is 5.92.